The molecule has 1 N–H and O–H groups in total. The highest BCUT2D eigenvalue weighted by atomic mass is 35.5. The molecule has 0 fully saturated rings. The number of aliphatic hydroxyl groups is 1. The first-order chi connectivity index (χ1) is 7.77. The second kappa shape index (κ2) is 7.70. The maximum atomic E-state index is 9.37. The van der Waals surface area contributed by atoms with E-state index in [2.05, 4.69) is 6.92 Å². The second-order valence-corrected chi connectivity index (χ2v) is 4.72. The van der Waals surface area contributed by atoms with Crippen LogP contribution in [0.2, 0.25) is 5.02 Å². The van der Waals surface area contributed by atoms with Crippen molar-refractivity contribution < 1.29 is 5.11 Å². The lowest BCUT2D eigenvalue weighted by Gasteiger charge is -2.14. The molecule has 2 heteroatoms. The third kappa shape index (κ3) is 4.54. The summed E-state index contributed by atoms with van der Waals surface area (Å²) in [7, 11) is 0. The van der Waals surface area contributed by atoms with E-state index >= 15 is 0 Å². The van der Waals surface area contributed by atoms with Crippen LogP contribution in [0.4, 0.5) is 0 Å². The first kappa shape index (κ1) is 13.5. The van der Waals surface area contributed by atoms with Gasteiger partial charge in [0.15, 0.2) is 0 Å². The van der Waals surface area contributed by atoms with Gasteiger partial charge in [0.25, 0.3) is 0 Å². The predicted octanol–water partition coefficient (Wildman–Crippen LogP) is 4.39. The van der Waals surface area contributed by atoms with Gasteiger partial charge in [-0.05, 0) is 24.1 Å². The SMILES string of the molecule is CCCCCCC(CO)c1ccc(Cl)cc1. The molecule has 0 amide bonds. The molecule has 90 valence electrons. The van der Waals surface area contributed by atoms with Gasteiger partial charge < -0.3 is 5.11 Å². The van der Waals surface area contributed by atoms with Gasteiger partial charge >= 0.3 is 0 Å². The zero-order valence-corrected chi connectivity index (χ0v) is 10.7. The van der Waals surface area contributed by atoms with Crippen molar-refractivity contribution in [3.63, 3.8) is 0 Å². The Bertz CT molecular complexity index is 281. The molecule has 1 aromatic carbocycles. The largest absolute Gasteiger partial charge is 0.396 e. The monoisotopic (exact) mass is 240 g/mol. The standard InChI is InChI=1S/C14H21ClO/c1-2-3-4-5-6-13(11-16)12-7-9-14(15)10-8-12/h7-10,13,16H,2-6,11H2,1H3. The lowest BCUT2D eigenvalue weighted by atomic mass is 9.94. The maximum Gasteiger partial charge on any atom is 0.0499 e. The van der Waals surface area contributed by atoms with E-state index < -0.39 is 0 Å². The summed E-state index contributed by atoms with van der Waals surface area (Å²) in [5.74, 6) is 0.272. The van der Waals surface area contributed by atoms with Crippen LogP contribution in [0.25, 0.3) is 0 Å². The van der Waals surface area contributed by atoms with Crippen molar-refractivity contribution in [2.45, 2.75) is 44.9 Å². The van der Waals surface area contributed by atoms with E-state index in [1.165, 1.54) is 31.2 Å². The van der Waals surface area contributed by atoms with Crippen LogP contribution < -0.4 is 0 Å². The van der Waals surface area contributed by atoms with Crippen molar-refractivity contribution in [1.29, 1.82) is 0 Å². The van der Waals surface area contributed by atoms with Crippen molar-refractivity contribution in [3.8, 4) is 0 Å². The Morgan fingerprint density at radius 1 is 1.12 bits per heavy atom. The Labute approximate surface area is 103 Å². The van der Waals surface area contributed by atoms with Gasteiger partial charge in [-0.3, -0.25) is 0 Å². The minimum atomic E-state index is 0.230. The Morgan fingerprint density at radius 2 is 1.81 bits per heavy atom. The quantitative estimate of drug-likeness (QED) is 0.701. The number of hydrogen-bond donors (Lipinski definition) is 1. The first-order valence-corrected chi connectivity index (χ1v) is 6.52. The lowest BCUT2D eigenvalue weighted by molar-refractivity contribution is 0.256. The highest BCUT2D eigenvalue weighted by Gasteiger charge is 2.09. The van der Waals surface area contributed by atoms with E-state index in [9.17, 15) is 5.11 Å². The summed E-state index contributed by atoms with van der Waals surface area (Å²) in [6, 6.07) is 7.82. The van der Waals surface area contributed by atoms with Gasteiger partial charge in [0, 0.05) is 17.5 Å². The molecule has 1 aromatic rings. The smallest absolute Gasteiger partial charge is 0.0499 e. The summed E-state index contributed by atoms with van der Waals surface area (Å²) < 4.78 is 0. The molecule has 0 spiro atoms. The van der Waals surface area contributed by atoms with E-state index in [1.807, 2.05) is 24.3 Å². The third-order valence-electron chi connectivity index (χ3n) is 2.97. The van der Waals surface area contributed by atoms with E-state index in [4.69, 9.17) is 11.6 Å². The topological polar surface area (TPSA) is 20.2 Å². The van der Waals surface area contributed by atoms with E-state index in [-0.39, 0.29) is 12.5 Å². The van der Waals surface area contributed by atoms with Crippen LogP contribution >= 0.6 is 11.6 Å². The molecule has 0 aliphatic heterocycles. The van der Waals surface area contributed by atoms with Crippen molar-refractivity contribution in [3.05, 3.63) is 34.9 Å². The van der Waals surface area contributed by atoms with Crippen LogP contribution in [0.15, 0.2) is 24.3 Å². The van der Waals surface area contributed by atoms with E-state index in [0.29, 0.717) is 0 Å². The highest BCUT2D eigenvalue weighted by molar-refractivity contribution is 6.30. The first-order valence-electron chi connectivity index (χ1n) is 6.14. The average molecular weight is 241 g/mol. The number of halogens is 1. The molecule has 0 radical (unpaired) electrons. The van der Waals surface area contributed by atoms with Gasteiger partial charge in [0.1, 0.15) is 0 Å². The summed E-state index contributed by atoms with van der Waals surface area (Å²) >= 11 is 5.84. The molecule has 0 bridgehead atoms. The maximum absolute atomic E-state index is 9.37. The van der Waals surface area contributed by atoms with Crippen molar-refractivity contribution in [2.24, 2.45) is 0 Å². The van der Waals surface area contributed by atoms with Crippen LogP contribution in [-0.2, 0) is 0 Å². The molecule has 0 aromatic heterocycles. The molecular weight excluding hydrogens is 220 g/mol. The van der Waals surface area contributed by atoms with E-state index in [0.717, 1.165) is 11.4 Å². The van der Waals surface area contributed by atoms with Crippen molar-refractivity contribution in [1.82, 2.24) is 0 Å². The van der Waals surface area contributed by atoms with Crippen LogP contribution in [0.5, 0.6) is 0 Å². The minimum Gasteiger partial charge on any atom is -0.396 e. The Hall–Kier alpha value is -0.530. The van der Waals surface area contributed by atoms with Gasteiger partial charge in [-0.15, -0.1) is 0 Å². The molecule has 0 saturated carbocycles. The lowest BCUT2D eigenvalue weighted by Crippen LogP contribution is -2.04. The van der Waals surface area contributed by atoms with Crippen LogP contribution in [0, 0.1) is 0 Å². The summed E-state index contributed by atoms with van der Waals surface area (Å²) in [4.78, 5) is 0. The van der Waals surface area contributed by atoms with Gasteiger partial charge in [0.05, 0.1) is 0 Å². The van der Waals surface area contributed by atoms with Crippen molar-refractivity contribution in [2.75, 3.05) is 6.61 Å². The molecule has 0 saturated heterocycles. The van der Waals surface area contributed by atoms with Gasteiger partial charge in [-0.2, -0.15) is 0 Å². The molecule has 0 aliphatic rings. The number of benzene rings is 1. The predicted molar refractivity (Wildman–Crippen MR) is 70.0 cm³/mol. The highest BCUT2D eigenvalue weighted by Crippen LogP contribution is 2.23. The fourth-order valence-electron chi connectivity index (χ4n) is 1.92. The Balaban J connectivity index is 2.44. The molecule has 1 nitrogen and oxygen atoms in total. The summed E-state index contributed by atoms with van der Waals surface area (Å²) in [6.45, 7) is 2.44. The normalized spacial score (nSPS) is 12.7. The van der Waals surface area contributed by atoms with Gasteiger partial charge in [-0.1, -0.05) is 56.3 Å². The van der Waals surface area contributed by atoms with Gasteiger partial charge in [0.2, 0.25) is 0 Å². The molecule has 16 heavy (non-hydrogen) atoms. The summed E-state index contributed by atoms with van der Waals surface area (Å²) in [5, 5.41) is 10.1. The zero-order valence-electron chi connectivity index (χ0n) is 9.95. The van der Waals surface area contributed by atoms with Crippen LogP contribution in [-0.4, -0.2) is 11.7 Å². The Kier molecular flexibility index (Phi) is 6.51. The number of aliphatic hydroxyl groups excluding tert-OH is 1. The van der Waals surface area contributed by atoms with E-state index in [1.54, 1.807) is 0 Å². The Morgan fingerprint density at radius 3 is 2.38 bits per heavy atom. The van der Waals surface area contributed by atoms with Gasteiger partial charge in [-0.25, -0.2) is 0 Å². The number of rotatable bonds is 7. The minimum absolute atomic E-state index is 0.230. The second-order valence-electron chi connectivity index (χ2n) is 4.28. The summed E-state index contributed by atoms with van der Waals surface area (Å²) in [6.07, 6.45) is 6.07. The van der Waals surface area contributed by atoms with Crippen LogP contribution in [0.3, 0.4) is 0 Å². The molecule has 1 atom stereocenters. The average Bonchev–Trinajstić information content (AvgIpc) is 2.31. The molecule has 0 heterocycles. The fraction of sp³-hybridized carbons (Fsp3) is 0.571. The molecule has 0 aliphatic carbocycles. The number of unbranched alkanes of at least 4 members (excludes halogenated alkanes) is 3. The summed E-state index contributed by atoms with van der Waals surface area (Å²) in [5.41, 5.74) is 1.20. The fourth-order valence-corrected chi connectivity index (χ4v) is 2.04. The number of hydrogen-bond acceptors (Lipinski definition) is 1. The molecule has 1 rings (SSSR count). The molecular formula is C14H21ClO. The molecule has 1 unspecified atom stereocenters. The van der Waals surface area contributed by atoms with Crippen molar-refractivity contribution >= 4 is 11.6 Å². The zero-order chi connectivity index (χ0) is 11.8. The van der Waals surface area contributed by atoms with Crippen LogP contribution in [0.1, 0.15) is 50.5 Å². The third-order valence-corrected chi connectivity index (χ3v) is 3.22.